The molecule has 1 N–H and O–H groups in total. The van der Waals surface area contributed by atoms with Crippen LogP contribution in [0.5, 0.6) is 0 Å². The van der Waals surface area contributed by atoms with Crippen LogP contribution in [0.25, 0.3) is 11.1 Å². The van der Waals surface area contributed by atoms with Gasteiger partial charge in [0.25, 0.3) is 5.91 Å². The molecule has 50 heavy (non-hydrogen) atoms. The molecule has 268 valence electrons. The van der Waals surface area contributed by atoms with Gasteiger partial charge < -0.3 is 19.9 Å². The van der Waals surface area contributed by atoms with Gasteiger partial charge in [-0.1, -0.05) is 36.4 Å². The summed E-state index contributed by atoms with van der Waals surface area (Å²) in [6.45, 7) is 5.29. The van der Waals surface area contributed by atoms with Crippen molar-refractivity contribution in [3.05, 3.63) is 89.7 Å². The third-order valence-corrected chi connectivity index (χ3v) is 11.5. The van der Waals surface area contributed by atoms with E-state index in [9.17, 15) is 35.6 Å². The number of nitrogens with zero attached hydrogens (tertiary/aromatic N) is 2. The van der Waals surface area contributed by atoms with Gasteiger partial charge in [-0.3, -0.25) is 9.59 Å². The van der Waals surface area contributed by atoms with Gasteiger partial charge in [0.1, 0.15) is 17.5 Å². The maximum Gasteiger partial charge on any atom is 0.410 e. The van der Waals surface area contributed by atoms with E-state index in [0.717, 1.165) is 22.9 Å². The van der Waals surface area contributed by atoms with Crippen LogP contribution in [0.2, 0.25) is 0 Å². The Labute approximate surface area is 292 Å². The number of benzene rings is 3. The Morgan fingerprint density at radius 1 is 0.940 bits per heavy atom. The van der Waals surface area contributed by atoms with Gasteiger partial charge in [-0.05, 0) is 86.7 Å². The molecule has 1 aliphatic carbocycles. The van der Waals surface area contributed by atoms with Gasteiger partial charge in [-0.15, -0.1) is 0 Å². The molecule has 1 heterocycles. The SMILES string of the molecule is CC(C)(C)OC(=O)N(CC[C@H](NC(=O)c1ccc(-c2ccc(S(C)(=O)=O)cc2)cc1)C(=O)N1CCS(=O)(=O)CC1)[C@@H]1C[C@H]1c1ccc(F)cc1. The predicted molar refractivity (Wildman–Crippen MR) is 187 cm³/mol. The lowest BCUT2D eigenvalue weighted by Crippen LogP contribution is -2.54. The smallest absolute Gasteiger partial charge is 0.410 e. The topological polar surface area (TPSA) is 147 Å². The van der Waals surface area contributed by atoms with Gasteiger partial charge in [0.05, 0.1) is 16.4 Å². The fourth-order valence-corrected chi connectivity index (χ4v) is 7.77. The van der Waals surface area contributed by atoms with Crippen LogP contribution in [-0.4, -0.2) is 99.6 Å². The minimum Gasteiger partial charge on any atom is -0.444 e. The predicted octanol–water partition coefficient (Wildman–Crippen LogP) is 4.43. The molecule has 2 fully saturated rings. The van der Waals surface area contributed by atoms with Gasteiger partial charge in [0.15, 0.2) is 19.7 Å². The van der Waals surface area contributed by atoms with Crippen LogP contribution in [0.4, 0.5) is 9.18 Å². The minimum absolute atomic E-state index is 0.00853. The standard InChI is InChI=1S/C36H42FN3O8S2/c1-36(2,3)48-35(43)40(32-23-30(32)26-9-13-28(37)14-10-26)18-17-31(34(42)39-19-21-50(46,47)22-20-39)38-33(41)27-7-5-24(6-8-27)25-11-15-29(16-12-25)49(4,44)45/h5-16,30-32H,17-23H2,1-4H3,(H,38,41)/t30-,31-,32+/m0/s1. The van der Waals surface area contributed by atoms with E-state index < -0.39 is 49.2 Å². The van der Waals surface area contributed by atoms with Crippen molar-refractivity contribution in [2.45, 2.75) is 62.1 Å². The van der Waals surface area contributed by atoms with Gasteiger partial charge >= 0.3 is 6.09 Å². The highest BCUT2D eigenvalue weighted by molar-refractivity contribution is 7.91. The van der Waals surface area contributed by atoms with E-state index in [1.54, 1.807) is 74.2 Å². The molecule has 0 aromatic heterocycles. The normalized spacial score (nSPS) is 19.3. The molecular weight excluding hydrogens is 686 g/mol. The molecular formula is C36H42FN3O8S2. The lowest BCUT2D eigenvalue weighted by molar-refractivity contribution is -0.133. The molecule has 2 aliphatic rings. The highest BCUT2D eigenvalue weighted by Gasteiger charge is 2.46. The number of carbonyl (C=O) groups excluding carboxylic acids is 3. The van der Waals surface area contributed by atoms with Crippen molar-refractivity contribution in [2.75, 3.05) is 37.4 Å². The highest BCUT2D eigenvalue weighted by atomic mass is 32.2. The van der Waals surface area contributed by atoms with Crippen LogP contribution in [0, 0.1) is 5.82 Å². The van der Waals surface area contributed by atoms with Crippen LogP contribution < -0.4 is 5.32 Å². The van der Waals surface area contributed by atoms with Crippen molar-refractivity contribution >= 4 is 37.6 Å². The molecule has 1 aliphatic heterocycles. The third kappa shape index (κ3) is 9.48. The van der Waals surface area contributed by atoms with E-state index in [-0.39, 0.29) is 65.8 Å². The number of halogens is 1. The Kier molecular flexibility index (Phi) is 10.7. The second-order valence-electron chi connectivity index (χ2n) is 13.8. The van der Waals surface area contributed by atoms with Crippen molar-refractivity contribution in [1.29, 1.82) is 0 Å². The second-order valence-corrected chi connectivity index (χ2v) is 18.1. The molecule has 1 saturated carbocycles. The van der Waals surface area contributed by atoms with Crippen molar-refractivity contribution in [3.8, 4) is 11.1 Å². The molecule has 0 bridgehead atoms. The molecule has 5 rings (SSSR count). The molecule has 3 aromatic carbocycles. The van der Waals surface area contributed by atoms with Crippen LogP contribution in [0.15, 0.2) is 77.7 Å². The van der Waals surface area contributed by atoms with E-state index >= 15 is 0 Å². The summed E-state index contributed by atoms with van der Waals surface area (Å²) >= 11 is 0. The summed E-state index contributed by atoms with van der Waals surface area (Å²) in [5.74, 6) is -1.78. The third-order valence-electron chi connectivity index (χ3n) is 8.76. The molecule has 3 atom stereocenters. The van der Waals surface area contributed by atoms with Crippen LogP contribution >= 0.6 is 0 Å². The van der Waals surface area contributed by atoms with Crippen LogP contribution in [-0.2, 0) is 29.2 Å². The Morgan fingerprint density at radius 3 is 2.04 bits per heavy atom. The monoisotopic (exact) mass is 727 g/mol. The molecule has 11 nitrogen and oxygen atoms in total. The summed E-state index contributed by atoms with van der Waals surface area (Å²) < 4.78 is 67.1. The Balaban J connectivity index is 1.34. The summed E-state index contributed by atoms with van der Waals surface area (Å²) in [7, 11) is -6.62. The zero-order valence-electron chi connectivity index (χ0n) is 28.5. The molecule has 0 unspecified atom stereocenters. The molecule has 0 spiro atoms. The number of rotatable bonds is 10. The van der Waals surface area contributed by atoms with Crippen molar-refractivity contribution in [1.82, 2.24) is 15.1 Å². The number of amides is 3. The van der Waals surface area contributed by atoms with E-state index in [2.05, 4.69) is 5.32 Å². The lowest BCUT2D eigenvalue weighted by atomic mass is 10.0. The summed E-state index contributed by atoms with van der Waals surface area (Å²) in [6.07, 6.45) is 1.20. The van der Waals surface area contributed by atoms with E-state index in [1.807, 2.05) is 0 Å². The largest absolute Gasteiger partial charge is 0.444 e. The van der Waals surface area contributed by atoms with Crippen LogP contribution in [0.3, 0.4) is 0 Å². The first kappa shape index (κ1) is 37.0. The van der Waals surface area contributed by atoms with Gasteiger partial charge in [0, 0.05) is 43.4 Å². The van der Waals surface area contributed by atoms with Gasteiger partial charge in [0.2, 0.25) is 5.91 Å². The number of sulfone groups is 2. The first-order valence-corrected chi connectivity index (χ1v) is 20.1. The molecule has 1 saturated heterocycles. The molecule has 14 heteroatoms. The van der Waals surface area contributed by atoms with Gasteiger partial charge in [-0.2, -0.15) is 0 Å². The fraction of sp³-hybridized carbons (Fsp3) is 0.417. The Morgan fingerprint density at radius 2 is 1.50 bits per heavy atom. The Bertz CT molecular complexity index is 1930. The average Bonchev–Trinajstić information content (AvgIpc) is 3.83. The van der Waals surface area contributed by atoms with E-state index in [0.29, 0.717) is 6.42 Å². The van der Waals surface area contributed by atoms with Crippen molar-refractivity contribution in [2.24, 2.45) is 0 Å². The average molecular weight is 728 g/mol. The molecule has 3 aromatic rings. The summed E-state index contributed by atoms with van der Waals surface area (Å²) in [6, 6.07) is 17.7. The number of hydrogen-bond acceptors (Lipinski definition) is 8. The second kappa shape index (κ2) is 14.5. The zero-order valence-corrected chi connectivity index (χ0v) is 30.1. The van der Waals surface area contributed by atoms with Crippen LogP contribution in [0.1, 0.15) is 55.5 Å². The maximum absolute atomic E-state index is 13.8. The molecule has 0 radical (unpaired) electrons. The fourth-order valence-electron chi connectivity index (χ4n) is 5.94. The first-order valence-electron chi connectivity index (χ1n) is 16.4. The van der Waals surface area contributed by atoms with Crippen molar-refractivity contribution in [3.63, 3.8) is 0 Å². The number of ether oxygens (including phenoxy) is 1. The van der Waals surface area contributed by atoms with E-state index in [4.69, 9.17) is 4.74 Å². The summed E-state index contributed by atoms with van der Waals surface area (Å²) in [4.78, 5) is 44.0. The maximum atomic E-state index is 13.8. The zero-order chi connectivity index (χ0) is 36.4. The van der Waals surface area contributed by atoms with Gasteiger partial charge in [-0.25, -0.2) is 26.0 Å². The molecule has 3 amide bonds. The highest BCUT2D eigenvalue weighted by Crippen LogP contribution is 2.45. The van der Waals surface area contributed by atoms with E-state index in [1.165, 1.54) is 29.2 Å². The summed E-state index contributed by atoms with van der Waals surface area (Å²) in [5, 5.41) is 2.82. The summed E-state index contributed by atoms with van der Waals surface area (Å²) in [5.41, 5.74) is 1.84. The quantitative estimate of drug-likeness (QED) is 0.323. The number of carbonyl (C=O) groups is 3. The Hall–Kier alpha value is -4.30. The number of hydrogen-bond donors (Lipinski definition) is 1. The number of nitrogens with one attached hydrogen (secondary N) is 1. The lowest BCUT2D eigenvalue weighted by Gasteiger charge is -2.32. The van der Waals surface area contributed by atoms with Crippen molar-refractivity contribution < 1.29 is 40.3 Å². The first-order chi connectivity index (χ1) is 23.4. The minimum atomic E-state index is -3.35.